The van der Waals surface area contributed by atoms with Crippen molar-refractivity contribution in [2.24, 2.45) is 0 Å². The van der Waals surface area contributed by atoms with E-state index in [2.05, 4.69) is 0 Å². The number of Topliss-reactive ketones (excluding diaryl/α,β-unsaturated/α-hetero) is 1. The van der Waals surface area contributed by atoms with Gasteiger partial charge in [-0.3, -0.25) is 4.79 Å². The molecule has 0 fully saturated rings. The first-order chi connectivity index (χ1) is 13.7. The van der Waals surface area contributed by atoms with E-state index < -0.39 is 9.84 Å². The number of carbonyl (C=O) groups excluding carboxylic acids is 1. The van der Waals surface area contributed by atoms with Crippen molar-refractivity contribution < 1.29 is 22.7 Å². The molecule has 0 radical (unpaired) electrons. The van der Waals surface area contributed by atoms with Crippen LogP contribution >= 0.6 is 0 Å². The summed E-state index contributed by atoms with van der Waals surface area (Å²) in [5, 5.41) is 0. The molecule has 1 atom stereocenters. The van der Waals surface area contributed by atoms with Crippen molar-refractivity contribution in [1.82, 2.24) is 0 Å². The van der Waals surface area contributed by atoms with Gasteiger partial charge in [-0.15, -0.1) is 0 Å². The van der Waals surface area contributed by atoms with Gasteiger partial charge in [-0.2, -0.15) is 0 Å². The average Bonchev–Trinajstić information content (AvgIpc) is 2.67. The standard InChI is InChI=1S/C22H29NO5S/c1-5-20(24)17-8-7-16(19(23)12-17)11-18(14-29(4,25)26)15-9-10-21(27-3)22(13-15)28-6-2/h7-10,12-13,18H,5-6,11,14,23H2,1-4H3/t18-/m1/s1. The van der Waals surface area contributed by atoms with E-state index in [-0.39, 0.29) is 17.5 Å². The maximum Gasteiger partial charge on any atom is 0.162 e. The summed E-state index contributed by atoms with van der Waals surface area (Å²) < 4.78 is 35.1. The van der Waals surface area contributed by atoms with Gasteiger partial charge in [0, 0.05) is 29.8 Å². The summed E-state index contributed by atoms with van der Waals surface area (Å²) in [5.74, 6) is 0.844. The summed E-state index contributed by atoms with van der Waals surface area (Å²) in [6.07, 6.45) is 2.05. The number of sulfone groups is 1. The summed E-state index contributed by atoms with van der Waals surface area (Å²) in [6.45, 7) is 4.14. The highest BCUT2D eigenvalue weighted by molar-refractivity contribution is 7.90. The summed E-state index contributed by atoms with van der Waals surface area (Å²) >= 11 is 0. The summed E-state index contributed by atoms with van der Waals surface area (Å²) in [5.41, 5.74) is 8.87. The van der Waals surface area contributed by atoms with Crippen molar-refractivity contribution in [2.75, 3.05) is 31.5 Å². The van der Waals surface area contributed by atoms with Gasteiger partial charge in [-0.05, 0) is 42.7 Å². The van der Waals surface area contributed by atoms with Crippen molar-refractivity contribution in [3.63, 3.8) is 0 Å². The van der Waals surface area contributed by atoms with Crippen LogP contribution in [0.15, 0.2) is 36.4 Å². The lowest BCUT2D eigenvalue weighted by Crippen LogP contribution is -2.17. The first-order valence-electron chi connectivity index (χ1n) is 9.58. The van der Waals surface area contributed by atoms with Crippen molar-refractivity contribution in [3.8, 4) is 11.5 Å². The monoisotopic (exact) mass is 419 g/mol. The predicted octanol–water partition coefficient (Wildman–Crippen LogP) is 3.64. The topological polar surface area (TPSA) is 95.7 Å². The molecule has 6 nitrogen and oxygen atoms in total. The van der Waals surface area contributed by atoms with Crippen LogP contribution in [-0.2, 0) is 16.3 Å². The van der Waals surface area contributed by atoms with E-state index in [1.165, 1.54) is 6.26 Å². The molecule has 0 heterocycles. The minimum Gasteiger partial charge on any atom is -0.493 e. The van der Waals surface area contributed by atoms with Gasteiger partial charge in [0.05, 0.1) is 19.5 Å². The molecule has 2 aromatic rings. The molecule has 0 saturated heterocycles. The molecule has 0 aliphatic carbocycles. The third-order valence-corrected chi connectivity index (χ3v) is 5.73. The zero-order valence-corrected chi connectivity index (χ0v) is 18.2. The molecular weight excluding hydrogens is 390 g/mol. The van der Waals surface area contributed by atoms with E-state index in [1.54, 1.807) is 38.3 Å². The molecule has 0 amide bonds. The number of carbonyl (C=O) groups is 1. The number of anilines is 1. The van der Waals surface area contributed by atoms with Crippen LogP contribution in [0.5, 0.6) is 11.5 Å². The fourth-order valence-corrected chi connectivity index (χ4v) is 4.32. The molecule has 2 N–H and O–H groups in total. The van der Waals surface area contributed by atoms with Crippen LogP contribution in [0.25, 0.3) is 0 Å². The fourth-order valence-electron chi connectivity index (χ4n) is 3.28. The second kappa shape index (κ2) is 9.78. The molecule has 0 bridgehead atoms. The lowest BCUT2D eigenvalue weighted by atomic mass is 9.91. The SMILES string of the molecule is CCOc1cc([C@H](Cc2ccc(C(=O)CC)cc2N)CS(C)(=O)=O)ccc1OC. The Kier molecular flexibility index (Phi) is 7.67. The van der Waals surface area contributed by atoms with Gasteiger partial charge >= 0.3 is 0 Å². The Balaban J connectivity index is 2.42. The van der Waals surface area contributed by atoms with Crippen molar-refractivity contribution >= 4 is 21.3 Å². The van der Waals surface area contributed by atoms with Crippen LogP contribution in [0.2, 0.25) is 0 Å². The van der Waals surface area contributed by atoms with E-state index in [1.807, 2.05) is 19.1 Å². The molecular formula is C22H29NO5S. The largest absolute Gasteiger partial charge is 0.493 e. The van der Waals surface area contributed by atoms with Crippen molar-refractivity contribution in [3.05, 3.63) is 53.1 Å². The van der Waals surface area contributed by atoms with E-state index in [9.17, 15) is 13.2 Å². The number of hydrogen-bond donors (Lipinski definition) is 1. The van der Waals surface area contributed by atoms with Gasteiger partial charge in [0.15, 0.2) is 17.3 Å². The van der Waals surface area contributed by atoms with Gasteiger partial charge in [0.25, 0.3) is 0 Å². The molecule has 2 rings (SSSR count). The number of ether oxygens (including phenoxy) is 2. The number of benzene rings is 2. The van der Waals surface area contributed by atoms with E-state index in [4.69, 9.17) is 15.2 Å². The number of hydrogen-bond acceptors (Lipinski definition) is 6. The Morgan fingerprint density at radius 3 is 2.38 bits per heavy atom. The summed E-state index contributed by atoms with van der Waals surface area (Å²) in [4.78, 5) is 11.9. The zero-order chi connectivity index (χ0) is 21.6. The number of ketones is 1. The van der Waals surface area contributed by atoms with Crippen LogP contribution in [0, 0.1) is 0 Å². The number of rotatable bonds is 10. The minimum absolute atomic E-state index is 0.0208. The quantitative estimate of drug-likeness (QED) is 0.467. The third-order valence-electron chi connectivity index (χ3n) is 4.72. The molecule has 2 aromatic carbocycles. The Hall–Kier alpha value is -2.54. The van der Waals surface area contributed by atoms with Gasteiger partial charge in [-0.1, -0.05) is 25.1 Å². The van der Waals surface area contributed by atoms with Gasteiger partial charge in [0.2, 0.25) is 0 Å². The molecule has 0 saturated carbocycles. The lowest BCUT2D eigenvalue weighted by molar-refractivity contribution is 0.0988. The summed E-state index contributed by atoms with van der Waals surface area (Å²) in [6, 6.07) is 10.7. The second-order valence-electron chi connectivity index (χ2n) is 7.03. The molecule has 29 heavy (non-hydrogen) atoms. The first-order valence-corrected chi connectivity index (χ1v) is 11.6. The van der Waals surface area contributed by atoms with E-state index in [0.29, 0.717) is 42.2 Å². The molecule has 0 unspecified atom stereocenters. The molecule has 0 aromatic heterocycles. The van der Waals surface area contributed by atoms with Crippen LogP contribution in [0.1, 0.15) is 47.7 Å². The van der Waals surface area contributed by atoms with Crippen LogP contribution in [0.4, 0.5) is 5.69 Å². The number of nitrogen functional groups attached to an aromatic ring is 1. The maximum atomic E-state index is 12.1. The predicted molar refractivity (Wildman–Crippen MR) is 116 cm³/mol. The molecule has 0 aliphatic heterocycles. The average molecular weight is 420 g/mol. The number of nitrogens with two attached hydrogens (primary N) is 1. The molecule has 0 aliphatic rings. The van der Waals surface area contributed by atoms with Gasteiger partial charge < -0.3 is 15.2 Å². The first kappa shape index (κ1) is 22.7. The Morgan fingerprint density at radius 2 is 1.83 bits per heavy atom. The smallest absolute Gasteiger partial charge is 0.162 e. The molecule has 7 heteroatoms. The van der Waals surface area contributed by atoms with Crippen LogP contribution in [-0.4, -0.2) is 39.9 Å². The third kappa shape index (κ3) is 6.22. The Morgan fingerprint density at radius 1 is 1.10 bits per heavy atom. The second-order valence-corrected chi connectivity index (χ2v) is 9.21. The Bertz CT molecular complexity index is 969. The lowest BCUT2D eigenvalue weighted by Gasteiger charge is -2.20. The van der Waals surface area contributed by atoms with Crippen LogP contribution < -0.4 is 15.2 Å². The van der Waals surface area contributed by atoms with E-state index >= 15 is 0 Å². The number of methoxy groups -OCH3 is 1. The highest BCUT2D eigenvalue weighted by Crippen LogP contribution is 2.33. The summed E-state index contributed by atoms with van der Waals surface area (Å²) in [7, 11) is -1.68. The Labute approximate surface area is 172 Å². The highest BCUT2D eigenvalue weighted by Gasteiger charge is 2.21. The maximum absolute atomic E-state index is 12.1. The van der Waals surface area contributed by atoms with Crippen molar-refractivity contribution in [1.29, 1.82) is 0 Å². The van der Waals surface area contributed by atoms with Gasteiger partial charge in [0.1, 0.15) is 9.84 Å². The van der Waals surface area contributed by atoms with E-state index in [0.717, 1.165) is 11.1 Å². The normalized spacial score (nSPS) is 12.4. The van der Waals surface area contributed by atoms with Crippen molar-refractivity contribution in [2.45, 2.75) is 32.6 Å². The molecule has 158 valence electrons. The minimum atomic E-state index is -3.24. The zero-order valence-electron chi connectivity index (χ0n) is 17.4. The highest BCUT2D eigenvalue weighted by atomic mass is 32.2. The fraction of sp³-hybridized carbons (Fsp3) is 0.409. The molecule has 0 spiro atoms. The van der Waals surface area contributed by atoms with Gasteiger partial charge in [-0.25, -0.2) is 8.42 Å². The van der Waals surface area contributed by atoms with Crippen LogP contribution in [0.3, 0.4) is 0 Å².